The Hall–Kier alpha value is -1.23. The number of carbonyl (C=O) groups is 1. The van der Waals surface area contributed by atoms with Crippen molar-refractivity contribution in [1.29, 1.82) is 0 Å². The molecular weight excluding hydrogens is 310 g/mol. The number of benzene rings is 1. The minimum atomic E-state index is -0.560. The molecular formula is C14H16BrNO3. The maximum atomic E-state index is 12.2. The topological polar surface area (TPSA) is 47.6 Å². The quantitative estimate of drug-likeness (QED) is 0.848. The molecule has 0 radical (unpaired) electrons. The van der Waals surface area contributed by atoms with Crippen LogP contribution < -0.4 is 14.8 Å². The Morgan fingerprint density at radius 3 is 2.79 bits per heavy atom. The Kier molecular flexibility index (Phi) is 3.64. The zero-order valence-corrected chi connectivity index (χ0v) is 12.1. The van der Waals surface area contributed by atoms with Gasteiger partial charge >= 0.3 is 0 Å². The Balaban J connectivity index is 1.63. The van der Waals surface area contributed by atoms with Crippen molar-refractivity contribution < 1.29 is 14.3 Å². The van der Waals surface area contributed by atoms with Gasteiger partial charge in [0.05, 0.1) is 0 Å². The summed E-state index contributed by atoms with van der Waals surface area (Å²) >= 11 is 3.60. The van der Waals surface area contributed by atoms with E-state index in [9.17, 15) is 4.79 Å². The predicted molar refractivity (Wildman–Crippen MR) is 74.8 cm³/mol. The molecule has 0 spiro atoms. The summed E-state index contributed by atoms with van der Waals surface area (Å²) in [6.45, 7) is 0.266. The number of fused-ring (bicyclic) bond motifs is 1. The van der Waals surface area contributed by atoms with E-state index < -0.39 is 6.10 Å². The van der Waals surface area contributed by atoms with E-state index in [1.165, 1.54) is 0 Å². The van der Waals surface area contributed by atoms with Crippen LogP contribution in [0.25, 0.3) is 0 Å². The van der Waals surface area contributed by atoms with E-state index in [1.54, 1.807) is 0 Å². The highest BCUT2D eigenvalue weighted by Gasteiger charge is 2.32. The van der Waals surface area contributed by atoms with Gasteiger partial charge in [-0.05, 0) is 25.0 Å². The molecule has 3 atom stereocenters. The van der Waals surface area contributed by atoms with E-state index in [0.717, 1.165) is 19.3 Å². The van der Waals surface area contributed by atoms with Crippen molar-refractivity contribution in [2.24, 2.45) is 0 Å². The second-order valence-electron chi connectivity index (χ2n) is 4.93. The molecule has 1 aliphatic heterocycles. The highest BCUT2D eigenvalue weighted by atomic mass is 79.9. The first-order valence-corrected chi connectivity index (χ1v) is 7.48. The van der Waals surface area contributed by atoms with Crippen LogP contribution in [0.1, 0.15) is 19.3 Å². The van der Waals surface area contributed by atoms with E-state index in [1.807, 2.05) is 24.3 Å². The minimum absolute atomic E-state index is 0.0918. The highest BCUT2D eigenvalue weighted by molar-refractivity contribution is 9.09. The molecule has 5 heteroatoms. The Morgan fingerprint density at radius 1 is 1.26 bits per heavy atom. The zero-order valence-electron chi connectivity index (χ0n) is 10.5. The van der Waals surface area contributed by atoms with E-state index in [2.05, 4.69) is 21.2 Å². The molecule has 1 aromatic carbocycles. The van der Waals surface area contributed by atoms with Crippen LogP contribution in [0.5, 0.6) is 11.5 Å². The van der Waals surface area contributed by atoms with Crippen molar-refractivity contribution >= 4 is 21.8 Å². The van der Waals surface area contributed by atoms with Gasteiger partial charge in [0, 0.05) is 10.9 Å². The summed E-state index contributed by atoms with van der Waals surface area (Å²) < 4.78 is 11.2. The van der Waals surface area contributed by atoms with E-state index in [4.69, 9.17) is 9.47 Å². The molecule has 1 fully saturated rings. The van der Waals surface area contributed by atoms with Crippen LogP contribution >= 0.6 is 15.9 Å². The lowest BCUT2D eigenvalue weighted by Gasteiger charge is -2.27. The van der Waals surface area contributed by atoms with Gasteiger partial charge in [0.25, 0.3) is 5.91 Å². The van der Waals surface area contributed by atoms with Crippen LogP contribution in [0.3, 0.4) is 0 Å². The molecule has 3 rings (SSSR count). The van der Waals surface area contributed by atoms with Crippen molar-refractivity contribution in [2.45, 2.75) is 36.2 Å². The maximum absolute atomic E-state index is 12.2. The first kappa shape index (κ1) is 12.8. The molecule has 1 N–H and O–H groups in total. The summed E-state index contributed by atoms with van der Waals surface area (Å²) in [5, 5.41) is 3.04. The monoisotopic (exact) mass is 325 g/mol. The van der Waals surface area contributed by atoms with Crippen LogP contribution in [-0.4, -0.2) is 29.5 Å². The number of para-hydroxylation sites is 2. The summed E-state index contributed by atoms with van der Waals surface area (Å²) in [4.78, 5) is 12.5. The van der Waals surface area contributed by atoms with Crippen molar-refractivity contribution in [2.75, 3.05) is 6.61 Å². The van der Waals surface area contributed by atoms with Gasteiger partial charge in [-0.25, -0.2) is 0 Å². The number of nitrogens with one attached hydrogen (secondary N) is 1. The number of hydrogen-bond acceptors (Lipinski definition) is 3. The number of alkyl halides is 1. The second-order valence-corrected chi connectivity index (χ2v) is 6.10. The standard InChI is InChI=1S/C14H16BrNO3/c15-9-4-3-5-10(9)16-14(17)13-8-18-11-6-1-2-7-12(11)19-13/h1-2,6-7,9-10,13H,3-5,8H2,(H,16,17). The number of halogens is 1. The normalized spacial score (nSPS) is 29.0. The predicted octanol–water partition coefficient (Wildman–Crippen LogP) is 2.26. The van der Waals surface area contributed by atoms with Crippen molar-refractivity contribution in [3.05, 3.63) is 24.3 Å². The van der Waals surface area contributed by atoms with Gasteiger partial charge in [-0.1, -0.05) is 34.5 Å². The first-order valence-electron chi connectivity index (χ1n) is 6.57. The molecule has 0 saturated heterocycles. The zero-order chi connectivity index (χ0) is 13.2. The van der Waals surface area contributed by atoms with Crippen LogP contribution in [0.2, 0.25) is 0 Å². The van der Waals surface area contributed by atoms with Gasteiger partial charge in [0.1, 0.15) is 6.61 Å². The van der Waals surface area contributed by atoms with Crippen molar-refractivity contribution in [1.82, 2.24) is 5.32 Å². The Morgan fingerprint density at radius 2 is 2.05 bits per heavy atom. The number of hydrogen-bond donors (Lipinski definition) is 1. The molecule has 19 heavy (non-hydrogen) atoms. The molecule has 1 amide bonds. The van der Waals surface area contributed by atoms with Crippen molar-refractivity contribution in [3.8, 4) is 11.5 Å². The van der Waals surface area contributed by atoms with Gasteiger partial charge in [0.2, 0.25) is 6.10 Å². The maximum Gasteiger partial charge on any atom is 0.264 e. The molecule has 2 aliphatic rings. The fraction of sp³-hybridized carbons (Fsp3) is 0.500. The average Bonchev–Trinajstić information content (AvgIpc) is 2.84. The molecule has 0 bridgehead atoms. The van der Waals surface area contributed by atoms with Gasteiger partial charge in [-0.3, -0.25) is 4.79 Å². The number of rotatable bonds is 2. The van der Waals surface area contributed by atoms with E-state index in [0.29, 0.717) is 16.3 Å². The Labute approximate surface area is 120 Å². The van der Waals surface area contributed by atoms with Crippen LogP contribution in [0, 0.1) is 0 Å². The van der Waals surface area contributed by atoms with Crippen LogP contribution in [-0.2, 0) is 4.79 Å². The van der Waals surface area contributed by atoms with Gasteiger partial charge in [0.15, 0.2) is 11.5 Å². The third-order valence-corrected chi connectivity index (χ3v) is 4.66. The highest BCUT2D eigenvalue weighted by Crippen LogP contribution is 2.31. The second kappa shape index (κ2) is 5.41. The summed E-state index contributed by atoms with van der Waals surface area (Å²) in [6.07, 6.45) is 2.71. The summed E-state index contributed by atoms with van der Waals surface area (Å²) in [5.41, 5.74) is 0. The number of ether oxygens (including phenoxy) is 2. The minimum Gasteiger partial charge on any atom is -0.485 e. The molecule has 1 saturated carbocycles. The molecule has 0 aromatic heterocycles. The largest absolute Gasteiger partial charge is 0.485 e. The third-order valence-electron chi connectivity index (χ3n) is 3.56. The number of carbonyl (C=O) groups excluding carboxylic acids is 1. The summed E-state index contributed by atoms with van der Waals surface area (Å²) in [7, 11) is 0. The first-order chi connectivity index (χ1) is 9.24. The fourth-order valence-electron chi connectivity index (χ4n) is 2.50. The third kappa shape index (κ3) is 2.71. The van der Waals surface area contributed by atoms with Crippen LogP contribution in [0.4, 0.5) is 0 Å². The average molecular weight is 326 g/mol. The molecule has 1 aliphatic carbocycles. The molecule has 102 valence electrons. The van der Waals surface area contributed by atoms with Crippen LogP contribution in [0.15, 0.2) is 24.3 Å². The smallest absolute Gasteiger partial charge is 0.264 e. The van der Waals surface area contributed by atoms with E-state index >= 15 is 0 Å². The van der Waals surface area contributed by atoms with Gasteiger partial charge in [-0.2, -0.15) is 0 Å². The Bertz CT molecular complexity index is 480. The SMILES string of the molecule is O=C(NC1CCCC1Br)C1COc2ccccc2O1. The summed E-state index contributed by atoms with van der Waals surface area (Å²) in [5.74, 6) is 1.24. The molecule has 1 aromatic rings. The van der Waals surface area contributed by atoms with Gasteiger partial charge < -0.3 is 14.8 Å². The molecule has 4 nitrogen and oxygen atoms in total. The summed E-state index contributed by atoms with van der Waals surface area (Å²) in [6, 6.07) is 7.62. The van der Waals surface area contributed by atoms with Gasteiger partial charge in [-0.15, -0.1) is 0 Å². The lowest BCUT2D eigenvalue weighted by molar-refractivity contribution is -0.131. The lowest BCUT2D eigenvalue weighted by Crippen LogP contribution is -2.48. The number of amides is 1. The molecule has 3 unspecified atom stereocenters. The van der Waals surface area contributed by atoms with Crippen molar-refractivity contribution in [3.63, 3.8) is 0 Å². The van der Waals surface area contributed by atoms with E-state index in [-0.39, 0.29) is 18.6 Å². The lowest BCUT2D eigenvalue weighted by atomic mass is 10.2. The fourth-order valence-corrected chi connectivity index (χ4v) is 3.22. The molecule has 1 heterocycles.